The molecule has 0 unspecified atom stereocenters. The van der Waals surface area contributed by atoms with Gasteiger partial charge in [0.25, 0.3) is 0 Å². The summed E-state index contributed by atoms with van der Waals surface area (Å²) in [5.41, 5.74) is -0.487. The lowest BCUT2D eigenvalue weighted by atomic mass is 10.0. The van der Waals surface area contributed by atoms with E-state index in [0.29, 0.717) is 29.7 Å². The summed E-state index contributed by atoms with van der Waals surface area (Å²) in [6, 6.07) is 7.21. The van der Waals surface area contributed by atoms with Gasteiger partial charge in [0.15, 0.2) is 5.76 Å². The molecule has 0 amide bonds. The summed E-state index contributed by atoms with van der Waals surface area (Å²) in [5, 5.41) is 3.81. The number of hydrogen-bond acceptors (Lipinski definition) is 10. The van der Waals surface area contributed by atoms with Gasteiger partial charge in [0.1, 0.15) is 22.3 Å². The van der Waals surface area contributed by atoms with Crippen LogP contribution in [0, 0.1) is 0 Å². The van der Waals surface area contributed by atoms with E-state index in [1.165, 1.54) is 14.2 Å². The summed E-state index contributed by atoms with van der Waals surface area (Å²) in [7, 11) is 2.40. The number of benzene rings is 1. The van der Waals surface area contributed by atoms with Crippen molar-refractivity contribution in [3.05, 3.63) is 45.8 Å². The number of methoxy groups -OCH3 is 2. The molecule has 1 aromatic carbocycles. The zero-order valence-electron chi connectivity index (χ0n) is 20.4. The Bertz CT molecular complexity index is 1330. The van der Waals surface area contributed by atoms with E-state index < -0.39 is 23.1 Å². The lowest BCUT2D eigenvalue weighted by Gasteiger charge is -2.30. The van der Waals surface area contributed by atoms with E-state index in [1.54, 1.807) is 12.1 Å². The maximum atomic E-state index is 13.5. The van der Waals surface area contributed by atoms with Crippen LogP contribution >= 0.6 is 11.8 Å². The number of hydrogen-bond donors (Lipinski definition) is 1. The first-order chi connectivity index (χ1) is 16.7. The van der Waals surface area contributed by atoms with Crippen molar-refractivity contribution >= 4 is 46.2 Å². The number of thioether (sulfide) groups is 1. The molecule has 1 fully saturated rings. The molecule has 0 saturated carbocycles. The summed E-state index contributed by atoms with van der Waals surface area (Å²) < 4.78 is 21.7. The Morgan fingerprint density at radius 2 is 1.63 bits per heavy atom. The number of esters is 2. The minimum atomic E-state index is -0.834. The third-order valence-corrected chi connectivity index (χ3v) is 6.46. The van der Waals surface area contributed by atoms with Gasteiger partial charge < -0.3 is 28.5 Å². The van der Waals surface area contributed by atoms with E-state index >= 15 is 0 Å². The van der Waals surface area contributed by atoms with Crippen LogP contribution in [0.5, 0.6) is 0 Å². The average Bonchev–Trinajstić information content (AvgIpc) is 3.19. The molecule has 0 bridgehead atoms. The van der Waals surface area contributed by atoms with Crippen LogP contribution in [0.1, 0.15) is 41.5 Å². The van der Waals surface area contributed by atoms with Crippen molar-refractivity contribution in [2.24, 2.45) is 0 Å². The van der Waals surface area contributed by atoms with Crippen LogP contribution in [0.15, 0.2) is 37.9 Å². The number of fused-ring (bicyclic) bond motifs is 1. The Hall–Kier alpha value is -3.40. The van der Waals surface area contributed by atoms with Crippen LogP contribution < -0.4 is 15.8 Å². The second-order valence-electron chi connectivity index (χ2n) is 9.08. The van der Waals surface area contributed by atoms with Crippen LogP contribution in [0.3, 0.4) is 0 Å². The molecule has 3 aromatic rings. The molecule has 4 rings (SSSR count). The molecule has 10 heteroatoms. The first kappa shape index (κ1) is 24.7. The van der Waals surface area contributed by atoms with Gasteiger partial charge in [-0.1, -0.05) is 12.1 Å². The molecule has 1 aliphatic heterocycles. The normalized spacial score (nSPS) is 14.1. The van der Waals surface area contributed by atoms with Gasteiger partial charge in [0, 0.05) is 35.5 Å². The predicted octanol–water partition coefficient (Wildman–Crippen LogP) is 4.39. The van der Waals surface area contributed by atoms with Crippen LogP contribution in [-0.4, -0.2) is 56.3 Å². The zero-order chi connectivity index (χ0) is 25.3. The maximum Gasteiger partial charge on any atom is 0.349 e. The molecule has 1 N–H and O–H groups in total. The van der Waals surface area contributed by atoms with Crippen molar-refractivity contribution < 1.29 is 27.9 Å². The highest BCUT2D eigenvalue weighted by Gasteiger charge is 2.37. The highest BCUT2D eigenvalue weighted by atomic mass is 32.2. The molecular weight excluding hydrogens is 472 g/mol. The van der Waals surface area contributed by atoms with E-state index in [-0.39, 0.29) is 28.3 Å². The molecule has 0 aliphatic carbocycles. The van der Waals surface area contributed by atoms with Crippen molar-refractivity contribution in [1.82, 2.24) is 0 Å². The summed E-state index contributed by atoms with van der Waals surface area (Å²) in [6.45, 7) is 6.99. The van der Waals surface area contributed by atoms with Crippen molar-refractivity contribution in [2.75, 3.05) is 49.0 Å². The Morgan fingerprint density at radius 3 is 2.26 bits per heavy atom. The Balaban J connectivity index is 2.11. The lowest BCUT2D eigenvalue weighted by Crippen LogP contribution is -2.34. The molecule has 1 aliphatic rings. The van der Waals surface area contributed by atoms with Gasteiger partial charge in [0.05, 0.1) is 19.9 Å². The largest absolute Gasteiger partial charge is 0.465 e. The van der Waals surface area contributed by atoms with E-state index in [1.807, 2.05) is 44.7 Å². The molecular formula is C25H28N2O7S. The molecule has 9 nitrogen and oxygen atoms in total. The van der Waals surface area contributed by atoms with Gasteiger partial charge in [-0.15, -0.1) is 0 Å². The number of rotatable bonds is 5. The highest BCUT2D eigenvalue weighted by Crippen LogP contribution is 2.42. The fraction of sp³-hybridized carbons (Fsp3) is 0.400. The van der Waals surface area contributed by atoms with Crippen molar-refractivity contribution in [3.8, 4) is 11.3 Å². The summed E-state index contributed by atoms with van der Waals surface area (Å²) in [6.07, 6.45) is 0. The number of furan rings is 1. The van der Waals surface area contributed by atoms with Crippen LogP contribution in [0.2, 0.25) is 0 Å². The van der Waals surface area contributed by atoms with Gasteiger partial charge in [-0.05, 0) is 32.9 Å². The van der Waals surface area contributed by atoms with Gasteiger partial charge in [-0.25, -0.2) is 14.4 Å². The van der Waals surface area contributed by atoms with Crippen LogP contribution in [0.4, 0.5) is 11.6 Å². The van der Waals surface area contributed by atoms with Gasteiger partial charge >= 0.3 is 17.6 Å². The minimum Gasteiger partial charge on any atom is -0.465 e. The maximum absolute atomic E-state index is 13.5. The fourth-order valence-electron chi connectivity index (χ4n) is 4.08. The van der Waals surface area contributed by atoms with Gasteiger partial charge in [-0.2, -0.15) is 11.8 Å². The second-order valence-corrected chi connectivity index (χ2v) is 10.3. The molecule has 0 radical (unpaired) electrons. The Kier molecular flexibility index (Phi) is 6.84. The molecule has 0 atom stereocenters. The summed E-state index contributed by atoms with van der Waals surface area (Å²) in [4.78, 5) is 41.4. The number of nitrogens with one attached hydrogen (secondary N) is 1. The fourth-order valence-corrected chi connectivity index (χ4v) is 4.98. The summed E-state index contributed by atoms with van der Waals surface area (Å²) in [5.74, 6) is 0.0248. The SMILES string of the molecule is COC(=O)c1c(NC(C)(C)C)oc(-c2c(N3CCSCC3)c3ccccc3oc2=O)c1C(=O)OC. The lowest BCUT2D eigenvalue weighted by molar-refractivity contribution is 0.0558. The van der Waals surface area contributed by atoms with Gasteiger partial charge in [-0.3, -0.25) is 0 Å². The highest BCUT2D eigenvalue weighted by molar-refractivity contribution is 7.99. The number of ether oxygens (including phenoxy) is 2. The van der Waals surface area contributed by atoms with Crippen molar-refractivity contribution in [1.29, 1.82) is 0 Å². The number of anilines is 2. The Labute approximate surface area is 206 Å². The first-order valence-electron chi connectivity index (χ1n) is 11.2. The minimum absolute atomic E-state index is 0.00691. The zero-order valence-corrected chi connectivity index (χ0v) is 21.2. The quantitative estimate of drug-likeness (QED) is 0.400. The third kappa shape index (κ3) is 4.75. The summed E-state index contributed by atoms with van der Waals surface area (Å²) >= 11 is 1.82. The average molecular weight is 501 g/mol. The molecule has 3 heterocycles. The predicted molar refractivity (Wildman–Crippen MR) is 136 cm³/mol. The van der Waals surface area contributed by atoms with E-state index in [2.05, 4.69) is 10.2 Å². The monoisotopic (exact) mass is 500 g/mol. The number of carbonyl (C=O) groups excluding carboxylic acids is 2. The smallest absolute Gasteiger partial charge is 0.349 e. The van der Waals surface area contributed by atoms with Crippen LogP contribution in [-0.2, 0) is 9.47 Å². The van der Waals surface area contributed by atoms with E-state index in [9.17, 15) is 14.4 Å². The third-order valence-electron chi connectivity index (χ3n) is 5.52. The number of para-hydroxylation sites is 1. The van der Waals surface area contributed by atoms with Crippen molar-refractivity contribution in [2.45, 2.75) is 26.3 Å². The first-order valence-corrected chi connectivity index (χ1v) is 12.3. The topological polar surface area (TPSA) is 111 Å². The standard InChI is InChI=1S/C25H28N2O7S/c1-25(2,3)26-21-17(23(29)32-5)16(22(28)31-4)20(34-21)18-19(27-10-12-35-13-11-27)14-8-6-7-9-15(14)33-24(18)30/h6-9,26H,10-13H2,1-5H3. The van der Waals surface area contributed by atoms with Crippen molar-refractivity contribution in [3.63, 3.8) is 0 Å². The molecule has 186 valence electrons. The second kappa shape index (κ2) is 9.69. The van der Waals surface area contributed by atoms with Gasteiger partial charge in [0.2, 0.25) is 5.88 Å². The van der Waals surface area contributed by atoms with E-state index in [0.717, 1.165) is 11.5 Å². The number of nitrogens with zero attached hydrogens (tertiary/aromatic N) is 1. The van der Waals surface area contributed by atoms with E-state index in [4.69, 9.17) is 18.3 Å². The molecule has 0 spiro atoms. The number of carbonyl (C=O) groups is 2. The molecule has 2 aromatic heterocycles. The molecule has 35 heavy (non-hydrogen) atoms. The van der Waals surface area contributed by atoms with Crippen LogP contribution in [0.25, 0.3) is 22.3 Å². The molecule has 1 saturated heterocycles. The Morgan fingerprint density at radius 1 is 1.00 bits per heavy atom.